The molecule has 1 N–H and O–H groups in total. The maximum atomic E-state index is 4.94. The van der Waals surface area contributed by atoms with Gasteiger partial charge in [-0.05, 0) is 43.5 Å². The van der Waals surface area contributed by atoms with E-state index in [9.17, 15) is 0 Å². The Bertz CT molecular complexity index is 862. The number of imidazole rings is 1. The largest absolute Gasteiger partial charge is 0.367 e. The second kappa shape index (κ2) is 6.60. The maximum absolute atomic E-state index is 4.94. The Labute approximate surface area is 151 Å². The van der Waals surface area contributed by atoms with Crippen molar-refractivity contribution in [2.45, 2.75) is 45.1 Å². The Morgan fingerprint density at radius 2 is 1.92 bits per heavy atom. The molecule has 0 bridgehead atoms. The minimum absolute atomic E-state index is 0.543. The van der Waals surface area contributed by atoms with Crippen LogP contribution in [0.5, 0.6) is 0 Å². The van der Waals surface area contributed by atoms with E-state index in [4.69, 9.17) is 4.98 Å². The number of rotatable bonds is 3. The highest BCUT2D eigenvalue weighted by Gasteiger charge is 2.20. The molecule has 0 spiro atoms. The molecule has 24 heavy (non-hydrogen) atoms. The molecule has 1 aromatic carbocycles. The van der Waals surface area contributed by atoms with Crippen LogP contribution >= 0.6 is 15.9 Å². The minimum Gasteiger partial charge on any atom is -0.367 e. The van der Waals surface area contributed by atoms with Crippen LogP contribution in [0, 0.1) is 6.92 Å². The summed E-state index contributed by atoms with van der Waals surface area (Å²) < 4.78 is 3.27. The fourth-order valence-corrected chi connectivity index (χ4v) is 4.04. The lowest BCUT2D eigenvalue weighted by atomic mass is 9.95. The number of benzene rings is 1. The normalized spacial score (nSPS) is 15.8. The summed E-state index contributed by atoms with van der Waals surface area (Å²) in [6, 6.07) is 13.2. The first-order valence-corrected chi connectivity index (χ1v) is 9.52. The molecule has 0 aliphatic heterocycles. The van der Waals surface area contributed by atoms with Crippen LogP contribution < -0.4 is 5.32 Å². The first-order valence-electron chi connectivity index (χ1n) is 8.72. The van der Waals surface area contributed by atoms with Crippen LogP contribution in [-0.2, 0) is 0 Å². The van der Waals surface area contributed by atoms with E-state index >= 15 is 0 Å². The molecule has 0 radical (unpaired) electrons. The molecule has 1 aliphatic rings. The van der Waals surface area contributed by atoms with Gasteiger partial charge in [-0.15, -0.1) is 0 Å². The molecule has 1 saturated carbocycles. The minimum atomic E-state index is 0.543. The zero-order valence-electron chi connectivity index (χ0n) is 13.9. The number of anilines is 1. The number of aromatic nitrogens is 2. The van der Waals surface area contributed by atoms with Crippen LogP contribution in [0.25, 0.3) is 16.9 Å². The molecule has 2 aromatic heterocycles. The fourth-order valence-electron chi connectivity index (χ4n) is 3.57. The van der Waals surface area contributed by atoms with Gasteiger partial charge in [-0.2, -0.15) is 0 Å². The molecule has 1 aliphatic carbocycles. The summed E-state index contributed by atoms with van der Waals surface area (Å²) in [7, 11) is 0. The van der Waals surface area contributed by atoms with Gasteiger partial charge in [0.1, 0.15) is 17.2 Å². The highest BCUT2D eigenvalue weighted by atomic mass is 79.9. The van der Waals surface area contributed by atoms with E-state index in [1.807, 2.05) is 6.07 Å². The van der Waals surface area contributed by atoms with Crippen LogP contribution in [-0.4, -0.2) is 15.4 Å². The Balaban J connectivity index is 1.85. The van der Waals surface area contributed by atoms with E-state index < -0.39 is 0 Å². The van der Waals surface area contributed by atoms with E-state index in [1.54, 1.807) is 0 Å². The third kappa shape index (κ3) is 2.95. The summed E-state index contributed by atoms with van der Waals surface area (Å²) >= 11 is 3.69. The Kier molecular flexibility index (Phi) is 4.31. The van der Waals surface area contributed by atoms with Gasteiger partial charge < -0.3 is 5.32 Å². The van der Waals surface area contributed by atoms with E-state index in [2.05, 4.69) is 69.1 Å². The standard InChI is InChI=1S/C20H22BrN3/c1-14-11-12-24-18(13-14)23-19(16-9-5-6-10-17(16)21)20(24)22-15-7-3-2-4-8-15/h5-6,9-13,15,22H,2-4,7-8H2,1H3. The summed E-state index contributed by atoms with van der Waals surface area (Å²) in [5.74, 6) is 1.11. The molecule has 0 atom stereocenters. The van der Waals surface area contributed by atoms with Gasteiger partial charge in [-0.1, -0.05) is 53.4 Å². The summed E-state index contributed by atoms with van der Waals surface area (Å²) in [5.41, 5.74) is 4.39. The van der Waals surface area contributed by atoms with Gasteiger partial charge in [-0.3, -0.25) is 4.40 Å². The van der Waals surface area contributed by atoms with Crippen LogP contribution in [0.1, 0.15) is 37.7 Å². The van der Waals surface area contributed by atoms with Crippen LogP contribution in [0.3, 0.4) is 0 Å². The SMILES string of the molecule is Cc1ccn2c(NC3CCCCC3)c(-c3ccccc3Br)nc2c1. The predicted octanol–water partition coefficient (Wildman–Crippen LogP) is 5.82. The number of pyridine rings is 1. The Morgan fingerprint density at radius 1 is 1.12 bits per heavy atom. The van der Waals surface area contributed by atoms with E-state index in [0.29, 0.717) is 6.04 Å². The van der Waals surface area contributed by atoms with Gasteiger partial charge in [0.15, 0.2) is 0 Å². The number of aryl methyl sites for hydroxylation is 1. The predicted molar refractivity (Wildman–Crippen MR) is 104 cm³/mol. The van der Waals surface area contributed by atoms with Crippen molar-refractivity contribution >= 4 is 27.4 Å². The van der Waals surface area contributed by atoms with Gasteiger partial charge in [-0.25, -0.2) is 4.98 Å². The fraction of sp³-hybridized carbons (Fsp3) is 0.350. The molecule has 3 nitrogen and oxygen atoms in total. The summed E-state index contributed by atoms with van der Waals surface area (Å²) in [6.45, 7) is 2.11. The molecule has 0 saturated heterocycles. The zero-order valence-corrected chi connectivity index (χ0v) is 15.5. The third-order valence-electron chi connectivity index (χ3n) is 4.86. The number of nitrogens with zero attached hydrogens (tertiary/aromatic N) is 2. The topological polar surface area (TPSA) is 29.3 Å². The number of halogens is 1. The molecule has 124 valence electrons. The average molecular weight is 384 g/mol. The molecule has 0 amide bonds. The van der Waals surface area contributed by atoms with Crippen LogP contribution in [0.2, 0.25) is 0 Å². The first kappa shape index (κ1) is 15.7. The molecular formula is C20H22BrN3. The summed E-state index contributed by atoms with van der Waals surface area (Å²) in [4.78, 5) is 4.94. The number of fused-ring (bicyclic) bond motifs is 1. The first-order chi connectivity index (χ1) is 11.7. The summed E-state index contributed by atoms with van der Waals surface area (Å²) in [5, 5.41) is 3.80. The van der Waals surface area contributed by atoms with Gasteiger partial charge in [0, 0.05) is 22.3 Å². The lowest BCUT2D eigenvalue weighted by Gasteiger charge is -2.24. The molecule has 4 heteroatoms. The Morgan fingerprint density at radius 3 is 2.71 bits per heavy atom. The van der Waals surface area contributed by atoms with Gasteiger partial charge in [0.05, 0.1) is 0 Å². The zero-order chi connectivity index (χ0) is 16.5. The molecule has 1 fully saturated rings. The highest BCUT2D eigenvalue weighted by molar-refractivity contribution is 9.10. The second-order valence-corrected chi connectivity index (χ2v) is 7.55. The van der Waals surface area contributed by atoms with Crippen molar-refractivity contribution in [2.75, 3.05) is 5.32 Å². The molecular weight excluding hydrogens is 362 g/mol. The van der Waals surface area contributed by atoms with E-state index in [0.717, 1.165) is 27.2 Å². The quantitative estimate of drug-likeness (QED) is 0.617. The lowest BCUT2D eigenvalue weighted by molar-refractivity contribution is 0.462. The van der Waals surface area contributed by atoms with E-state index in [-0.39, 0.29) is 0 Å². The monoisotopic (exact) mass is 383 g/mol. The smallest absolute Gasteiger partial charge is 0.139 e. The van der Waals surface area contributed by atoms with Gasteiger partial charge in [0.25, 0.3) is 0 Å². The van der Waals surface area contributed by atoms with Gasteiger partial charge in [0.2, 0.25) is 0 Å². The molecule has 4 rings (SSSR count). The number of hydrogen-bond donors (Lipinski definition) is 1. The van der Waals surface area contributed by atoms with Crippen molar-refractivity contribution in [1.82, 2.24) is 9.38 Å². The summed E-state index contributed by atoms with van der Waals surface area (Å²) in [6.07, 6.45) is 8.61. The molecule has 3 aromatic rings. The Hall–Kier alpha value is -1.81. The highest BCUT2D eigenvalue weighted by Crippen LogP contribution is 2.35. The van der Waals surface area contributed by atoms with Crippen molar-refractivity contribution in [3.8, 4) is 11.3 Å². The lowest BCUT2D eigenvalue weighted by Crippen LogP contribution is -2.23. The number of hydrogen-bond acceptors (Lipinski definition) is 2. The third-order valence-corrected chi connectivity index (χ3v) is 5.55. The van der Waals surface area contributed by atoms with Crippen LogP contribution in [0.4, 0.5) is 5.82 Å². The van der Waals surface area contributed by atoms with Crippen molar-refractivity contribution in [2.24, 2.45) is 0 Å². The van der Waals surface area contributed by atoms with Gasteiger partial charge >= 0.3 is 0 Å². The average Bonchev–Trinajstić information content (AvgIpc) is 2.93. The van der Waals surface area contributed by atoms with Crippen LogP contribution in [0.15, 0.2) is 47.1 Å². The van der Waals surface area contributed by atoms with Crippen molar-refractivity contribution in [1.29, 1.82) is 0 Å². The maximum Gasteiger partial charge on any atom is 0.139 e. The number of nitrogens with one attached hydrogen (secondary N) is 1. The second-order valence-electron chi connectivity index (χ2n) is 6.70. The van der Waals surface area contributed by atoms with Crippen molar-refractivity contribution in [3.63, 3.8) is 0 Å². The molecule has 0 unspecified atom stereocenters. The van der Waals surface area contributed by atoms with Crippen molar-refractivity contribution in [3.05, 3.63) is 52.6 Å². The van der Waals surface area contributed by atoms with E-state index in [1.165, 1.54) is 37.7 Å². The molecule has 2 heterocycles. The van der Waals surface area contributed by atoms with Crippen molar-refractivity contribution < 1.29 is 0 Å².